The van der Waals surface area contributed by atoms with Crippen LogP contribution in [0.25, 0.3) is 0 Å². The zero-order valence-electron chi connectivity index (χ0n) is 12.3. The average molecular weight is 269 g/mol. The molecule has 19 heavy (non-hydrogen) atoms. The predicted octanol–water partition coefficient (Wildman–Crippen LogP) is 1.73. The fourth-order valence-electron chi connectivity index (χ4n) is 2.19. The van der Waals surface area contributed by atoms with Gasteiger partial charge in [0.1, 0.15) is 0 Å². The van der Waals surface area contributed by atoms with Crippen molar-refractivity contribution in [2.75, 3.05) is 20.3 Å². The van der Waals surface area contributed by atoms with Gasteiger partial charge < -0.3 is 15.2 Å². The number of nitrogens with zero attached hydrogens (tertiary/aromatic N) is 2. The fraction of sp³-hybridized carbons (Fsp3) is 0.786. The third-order valence-electron chi connectivity index (χ3n) is 3.40. The summed E-state index contributed by atoms with van der Waals surface area (Å²) < 4.78 is 7.17. The van der Waals surface area contributed by atoms with Gasteiger partial charge in [-0.1, -0.05) is 13.8 Å². The number of rotatable bonds is 10. The molecule has 110 valence electrons. The van der Waals surface area contributed by atoms with Crippen molar-refractivity contribution in [2.45, 2.75) is 51.7 Å². The molecular weight excluding hydrogens is 242 g/mol. The quantitative estimate of drug-likeness (QED) is 0.679. The van der Waals surface area contributed by atoms with E-state index in [4.69, 9.17) is 9.84 Å². The van der Waals surface area contributed by atoms with Crippen molar-refractivity contribution >= 4 is 0 Å². The summed E-state index contributed by atoms with van der Waals surface area (Å²) >= 11 is 0. The molecule has 0 aliphatic heterocycles. The summed E-state index contributed by atoms with van der Waals surface area (Å²) in [4.78, 5) is 0. The number of hydrogen-bond donors (Lipinski definition) is 2. The molecule has 0 bridgehead atoms. The molecular formula is C14H27N3O2. The van der Waals surface area contributed by atoms with Crippen molar-refractivity contribution in [3.8, 4) is 0 Å². The second kappa shape index (κ2) is 9.07. The highest BCUT2D eigenvalue weighted by atomic mass is 16.5. The molecule has 0 aromatic carbocycles. The molecule has 0 aliphatic carbocycles. The van der Waals surface area contributed by atoms with Crippen LogP contribution in [0.1, 0.15) is 44.8 Å². The summed E-state index contributed by atoms with van der Waals surface area (Å²) in [6.07, 6.45) is 4.94. The lowest BCUT2D eigenvalue weighted by atomic mass is 10.2. The fourth-order valence-corrected chi connectivity index (χ4v) is 2.19. The van der Waals surface area contributed by atoms with Crippen LogP contribution >= 0.6 is 0 Å². The molecule has 0 saturated heterocycles. The van der Waals surface area contributed by atoms with Gasteiger partial charge >= 0.3 is 0 Å². The van der Waals surface area contributed by atoms with Crippen LogP contribution in [-0.4, -0.2) is 41.3 Å². The Labute approximate surface area is 116 Å². The third-order valence-corrected chi connectivity index (χ3v) is 3.40. The molecule has 1 rings (SSSR count). The van der Waals surface area contributed by atoms with Crippen LogP contribution in [0, 0.1) is 0 Å². The number of aromatic nitrogens is 2. The molecule has 0 fully saturated rings. The molecule has 0 saturated carbocycles. The maximum absolute atomic E-state index is 8.99. The number of aliphatic hydroxyl groups is 1. The smallest absolute Gasteiger partial charge is 0.0762 e. The van der Waals surface area contributed by atoms with E-state index in [1.165, 1.54) is 0 Å². The zero-order chi connectivity index (χ0) is 14.1. The van der Waals surface area contributed by atoms with Gasteiger partial charge in [-0.05, 0) is 25.3 Å². The Hall–Kier alpha value is -0.910. The Kier molecular flexibility index (Phi) is 7.70. The van der Waals surface area contributed by atoms with E-state index >= 15 is 0 Å². The molecule has 1 atom stereocenters. The monoisotopic (exact) mass is 269 g/mol. The van der Waals surface area contributed by atoms with E-state index in [1.54, 1.807) is 7.11 Å². The minimum absolute atomic E-state index is 0.170. The Morgan fingerprint density at radius 1 is 1.42 bits per heavy atom. The zero-order valence-corrected chi connectivity index (χ0v) is 12.3. The summed E-state index contributed by atoms with van der Waals surface area (Å²) in [5, 5.41) is 16.9. The van der Waals surface area contributed by atoms with Gasteiger partial charge in [0, 0.05) is 32.5 Å². The lowest BCUT2D eigenvalue weighted by molar-refractivity contribution is 0.147. The molecule has 5 heteroatoms. The molecule has 1 unspecified atom stereocenters. The first-order chi connectivity index (χ1) is 9.24. The highest BCUT2D eigenvalue weighted by Crippen LogP contribution is 2.14. The van der Waals surface area contributed by atoms with Crippen molar-refractivity contribution in [3.05, 3.63) is 18.0 Å². The predicted molar refractivity (Wildman–Crippen MR) is 76.1 cm³/mol. The Bertz CT molecular complexity index is 331. The average Bonchev–Trinajstić information content (AvgIpc) is 2.87. The second-order valence-corrected chi connectivity index (χ2v) is 4.80. The SMILES string of the molecule is CCC(CC)n1ccc(CNC(CCO)COC)n1. The Morgan fingerprint density at radius 3 is 2.74 bits per heavy atom. The van der Waals surface area contributed by atoms with E-state index in [9.17, 15) is 0 Å². The van der Waals surface area contributed by atoms with E-state index in [2.05, 4.69) is 24.3 Å². The highest BCUT2D eigenvalue weighted by Gasteiger charge is 2.10. The summed E-state index contributed by atoms with van der Waals surface area (Å²) in [5.41, 5.74) is 1.03. The van der Waals surface area contributed by atoms with Gasteiger partial charge in [0.25, 0.3) is 0 Å². The van der Waals surface area contributed by atoms with Gasteiger partial charge in [0.2, 0.25) is 0 Å². The van der Waals surface area contributed by atoms with Crippen LogP contribution < -0.4 is 5.32 Å². The van der Waals surface area contributed by atoms with Crippen molar-refractivity contribution in [1.29, 1.82) is 0 Å². The molecule has 0 spiro atoms. The topological polar surface area (TPSA) is 59.3 Å². The summed E-state index contributed by atoms with van der Waals surface area (Å²) in [7, 11) is 1.67. The first kappa shape index (κ1) is 16.1. The minimum atomic E-state index is 0.170. The highest BCUT2D eigenvalue weighted by molar-refractivity contribution is 4.99. The summed E-state index contributed by atoms with van der Waals surface area (Å²) in [6.45, 7) is 5.85. The van der Waals surface area contributed by atoms with Crippen LogP contribution in [-0.2, 0) is 11.3 Å². The number of ether oxygens (including phenoxy) is 1. The number of aliphatic hydroxyl groups excluding tert-OH is 1. The lowest BCUT2D eigenvalue weighted by Gasteiger charge is -2.16. The van der Waals surface area contributed by atoms with Crippen LogP contribution in [0.5, 0.6) is 0 Å². The molecule has 0 amide bonds. The van der Waals surface area contributed by atoms with Crippen LogP contribution in [0.15, 0.2) is 12.3 Å². The van der Waals surface area contributed by atoms with Crippen molar-refractivity contribution in [2.24, 2.45) is 0 Å². The number of methoxy groups -OCH3 is 1. The van der Waals surface area contributed by atoms with Gasteiger partial charge in [0.05, 0.1) is 18.3 Å². The number of hydrogen-bond acceptors (Lipinski definition) is 4. The summed E-state index contributed by atoms with van der Waals surface area (Å²) in [6, 6.07) is 2.71. The molecule has 2 N–H and O–H groups in total. The summed E-state index contributed by atoms with van der Waals surface area (Å²) in [5.74, 6) is 0. The maximum Gasteiger partial charge on any atom is 0.0762 e. The van der Waals surface area contributed by atoms with Gasteiger partial charge in [-0.2, -0.15) is 5.10 Å². The standard InChI is InChI=1S/C14H27N3O2/c1-4-14(5-2)17-8-6-12(16-17)10-15-13(7-9-18)11-19-3/h6,8,13-15,18H,4-5,7,9-11H2,1-3H3. The normalized spacial score (nSPS) is 13.1. The number of nitrogens with one attached hydrogen (secondary N) is 1. The molecule has 5 nitrogen and oxygen atoms in total. The first-order valence-electron chi connectivity index (χ1n) is 7.12. The van der Waals surface area contributed by atoms with Crippen LogP contribution in [0.2, 0.25) is 0 Å². The van der Waals surface area contributed by atoms with Gasteiger partial charge in [-0.15, -0.1) is 0 Å². The maximum atomic E-state index is 8.99. The Morgan fingerprint density at radius 2 is 2.16 bits per heavy atom. The largest absolute Gasteiger partial charge is 0.396 e. The van der Waals surface area contributed by atoms with E-state index in [1.807, 2.05) is 16.9 Å². The molecule has 1 aromatic rings. The van der Waals surface area contributed by atoms with E-state index in [0.29, 0.717) is 25.6 Å². The molecule has 0 radical (unpaired) electrons. The van der Waals surface area contributed by atoms with Gasteiger partial charge in [-0.3, -0.25) is 4.68 Å². The van der Waals surface area contributed by atoms with E-state index in [0.717, 1.165) is 18.5 Å². The second-order valence-electron chi connectivity index (χ2n) is 4.80. The molecule has 1 aromatic heterocycles. The molecule has 0 aliphatic rings. The third kappa shape index (κ3) is 5.30. The van der Waals surface area contributed by atoms with Gasteiger partial charge in [-0.25, -0.2) is 0 Å². The van der Waals surface area contributed by atoms with Crippen LogP contribution in [0.3, 0.4) is 0 Å². The van der Waals surface area contributed by atoms with Crippen molar-refractivity contribution in [3.63, 3.8) is 0 Å². The van der Waals surface area contributed by atoms with Gasteiger partial charge in [0.15, 0.2) is 0 Å². The lowest BCUT2D eigenvalue weighted by Crippen LogP contribution is -2.33. The van der Waals surface area contributed by atoms with Crippen molar-refractivity contribution < 1.29 is 9.84 Å². The van der Waals surface area contributed by atoms with Crippen molar-refractivity contribution in [1.82, 2.24) is 15.1 Å². The van der Waals surface area contributed by atoms with Crippen LogP contribution in [0.4, 0.5) is 0 Å². The Balaban J connectivity index is 2.48. The van der Waals surface area contributed by atoms with E-state index < -0.39 is 0 Å². The minimum Gasteiger partial charge on any atom is -0.396 e. The van der Waals surface area contributed by atoms with E-state index in [-0.39, 0.29) is 12.6 Å². The first-order valence-corrected chi connectivity index (χ1v) is 7.12. The molecule has 1 heterocycles.